The maximum Gasteiger partial charge on any atom is 0.397 e. The average Bonchev–Trinajstić information content (AvgIpc) is 2.74. The predicted molar refractivity (Wildman–Crippen MR) is 118 cm³/mol. The largest absolute Gasteiger partial charge is 0.491 e. The lowest BCUT2D eigenvalue weighted by Crippen LogP contribution is -2.47. The number of nitrogens with one attached hydrogen (secondary N) is 2. The molecule has 0 amide bonds. The molecular formula is C21H27BrN5O3+. The Morgan fingerprint density at radius 3 is 2.90 bits per heavy atom. The molecule has 1 fully saturated rings. The molecule has 1 atom stereocenters. The first-order valence-electron chi connectivity index (χ1n) is 9.77. The van der Waals surface area contributed by atoms with Crippen molar-refractivity contribution in [1.82, 2.24) is 14.8 Å². The van der Waals surface area contributed by atoms with E-state index in [1.807, 2.05) is 24.3 Å². The Labute approximate surface area is 185 Å². The number of benzene rings is 1. The van der Waals surface area contributed by atoms with Crippen LogP contribution in [-0.2, 0) is 0 Å². The molecule has 3 rings (SSSR count). The normalized spacial score (nSPS) is 15.9. The molecule has 1 saturated heterocycles. The van der Waals surface area contributed by atoms with Gasteiger partial charge in [-0.2, -0.15) is 0 Å². The number of halogens is 1. The van der Waals surface area contributed by atoms with Gasteiger partial charge in [0.25, 0.3) is 0 Å². The first-order valence-corrected chi connectivity index (χ1v) is 10.6. The second-order valence-corrected chi connectivity index (χ2v) is 7.97. The predicted octanol–water partition coefficient (Wildman–Crippen LogP) is 1.40. The van der Waals surface area contributed by atoms with Crippen molar-refractivity contribution in [3.05, 3.63) is 34.9 Å². The number of nitrogens with zero attached hydrogens (tertiary/aromatic N) is 3. The summed E-state index contributed by atoms with van der Waals surface area (Å²) in [7, 11) is 2.12. The molecule has 2 heterocycles. The number of hydrogen-bond acceptors (Lipinski definition) is 7. The zero-order valence-corrected chi connectivity index (χ0v) is 18.6. The van der Waals surface area contributed by atoms with Gasteiger partial charge < -0.3 is 19.5 Å². The molecule has 160 valence electrons. The summed E-state index contributed by atoms with van der Waals surface area (Å²) in [6.45, 7) is 4.98. The highest BCUT2D eigenvalue weighted by Crippen LogP contribution is 2.23. The summed E-state index contributed by atoms with van der Waals surface area (Å²) < 4.78 is 11.9. The molecule has 3 N–H and O–H groups in total. The van der Waals surface area contributed by atoms with Crippen LogP contribution < -0.4 is 19.8 Å². The summed E-state index contributed by atoms with van der Waals surface area (Å²) in [4.78, 5) is 11.9. The van der Waals surface area contributed by atoms with Gasteiger partial charge in [0.1, 0.15) is 28.6 Å². The number of hydrogen-bond donors (Lipinski definition) is 2. The van der Waals surface area contributed by atoms with Crippen LogP contribution in [0.2, 0.25) is 0 Å². The fourth-order valence-corrected chi connectivity index (χ4v) is 3.35. The van der Waals surface area contributed by atoms with Crippen molar-refractivity contribution < 1.29 is 19.6 Å². The van der Waals surface area contributed by atoms with E-state index in [-0.39, 0.29) is 13.2 Å². The Balaban J connectivity index is 1.53. The van der Waals surface area contributed by atoms with Gasteiger partial charge in [-0.3, -0.25) is 4.90 Å². The first-order chi connectivity index (χ1) is 14.5. The lowest BCUT2D eigenvalue weighted by Gasteiger charge is -2.33. The molecule has 9 heteroatoms. The van der Waals surface area contributed by atoms with E-state index >= 15 is 0 Å². The highest BCUT2D eigenvalue weighted by Gasteiger charge is 2.18. The third-order valence-corrected chi connectivity index (χ3v) is 5.22. The molecule has 0 spiro atoms. The first kappa shape index (κ1) is 22.3. The van der Waals surface area contributed by atoms with Crippen molar-refractivity contribution in [1.29, 1.82) is 0 Å². The maximum atomic E-state index is 10.3. The summed E-state index contributed by atoms with van der Waals surface area (Å²) in [6.07, 6.45) is 6.41. The maximum absolute atomic E-state index is 10.3. The Morgan fingerprint density at radius 1 is 1.33 bits per heavy atom. The van der Waals surface area contributed by atoms with Crippen molar-refractivity contribution >= 4 is 27.6 Å². The third-order valence-electron chi connectivity index (χ3n) is 4.65. The number of rotatable bonds is 9. The Morgan fingerprint density at radius 2 is 2.13 bits per heavy atom. The van der Waals surface area contributed by atoms with Crippen LogP contribution >= 0.6 is 15.9 Å². The quantitative estimate of drug-likeness (QED) is 0.529. The van der Waals surface area contributed by atoms with Crippen LogP contribution in [0.25, 0.3) is 0 Å². The minimum atomic E-state index is -0.539. The van der Waals surface area contributed by atoms with Crippen LogP contribution in [0.5, 0.6) is 11.6 Å². The SMILES string of the molecule is C#CCOc1nc(Nc2cccc(OC[C@H](O)CN3CCN(C)CC3)c2)[nH+]cc1Br. The summed E-state index contributed by atoms with van der Waals surface area (Å²) >= 11 is 3.37. The van der Waals surface area contributed by atoms with Crippen LogP contribution in [0, 0.1) is 12.3 Å². The fourth-order valence-electron chi connectivity index (χ4n) is 3.03. The highest BCUT2D eigenvalue weighted by atomic mass is 79.9. The van der Waals surface area contributed by atoms with E-state index in [1.54, 1.807) is 6.20 Å². The van der Waals surface area contributed by atoms with Crippen LogP contribution in [-0.4, -0.2) is 79.0 Å². The molecule has 30 heavy (non-hydrogen) atoms. The number of β-amino-alcohol motifs (C(OH)–C–C–N with tert-alkyl or cyclic N) is 1. The zero-order valence-electron chi connectivity index (χ0n) is 17.0. The zero-order chi connectivity index (χ0) is 21.3. The van der Waals surface area contributed by atoms with Gasteiger partial charge >= 0.3 is 11.8 Å². The van der Waals surface area contributed by atoms with E-state index in [1.165, 1.54) is 0 Å². The van der Waals surface area contributed by atoms with E-state index < -0.39 is 6.10 Å². The third kappa shape index (κ3) is 6.85. The average molecular weight is 477 g/mol. The van der Waals surface area contributed by atoms with E-state index in [0.717, 1.165) is 31.9 Å². The van der Waals surface area contributed by atoms with Crippen LogP contribution in [0.15, 0.2) is 34.9 Å². The molecule has 0 unspecified atom stereocenters. The summed E-state index contributed by atoms with van der Waals surface area (Å²) in [5.41, 5.74) is 0.787. The Bertz CT molecular complexity index is 868. The van der Waals surface area contributed by atoms with Gasteiger partial charge in [0, 0.05) is 38.8 Å². The molecule has 1 aliphatic heterocycles. The molecule has 1 aromatic carbocycles. The lowest BCUT2D eigenvalue weighted by molar-refractivity contribution is -0.365. The van der Waals surface area contributed by atoms with Gasteiger partial charge in [-0.25, -0.2) is 10.3 Å². The number of aliphatic hydroxyl groups excluding tert-OH is 1. The van der Waals surface area contributed by atoms with Gasteiger partial charge in [-0.15, -0.1) is 6.42 Å². The molecular weight excluding hydrogens is 450 g/mol. The molecule has 0 bridgehead atoms. The number of aromatic nitrogens is 2. The number of aliphatic hydroxyl groups is 1. The molecule has 8 nitrogen and oxygen atoms in total. The van der Waals surface area contributed by atoms with Crippen molar-refractivity contribution in [2.24, 2.45) is 0 Å². The number of H-pyrrole nitrogens is 1. The molecule has 0 saturated carbocycles. The standard InChI is InChI=1S/C21H26BrN5O3/c1-3-11-29-20-19(22)13-23-21(25-20)24-16-5-4-6-18(12-16)30-15-17(28)14-27-9-7-26(2)8-10-27/h1,4-6,12-13,17,28H,7-11,14-15H2,2H3,(H,23,24,25)/p+1/t17-/m1/s1. The number of likely N-dealkylation sites (N-methyl/N-ethyl adjacent to an activating group) is 1. The molecule has 2 aromatic rings. The molecule has 1 aromatic heterocycles. The lowest BCUT2D eigenvalue weighted by atomic mass is 10.2. The van der Waals surface area contributed by atoms with E-state index in [9.17, 15) is 5.11 Å². The van der Waals surface area contributed by atoms with Crippen LogP contribution in [0.4, 0.5) is 11.6 Å². The Hall–Kier alpha value is -2.38. The van der Waals surface area contributed by atoms with Crippen LogP contribution in [0.3, 0.4) is 0 Å². The van der Waals surface area contributed by atoms with E-state index in [0.29, 0.717) is 28.6 Å². The smallest absolute Gasteiger partial charge is 0.397 e. The van der Waals surface area contributed by atoms with Gasteiger partial charge in [-0.05, 0) is 40.1 Å². The molecule has 1 aliphatic rings. The minimum absolute atomic E-state index is 0.134. The van der Waals surface area contributed by atoms with E-state index in [2.05, 4.69) is 54.0 Å². The van der Waals surface area contributed by atoms with Crippen molar-refractivity contribution in [3.8, 4) is 24.0 Å². The monoisotopic (exact) mass is 476 g/mol. The van der Waals surface area contributed by atoms with Gasteiger partial charge in [0.2, 0.25) is 0 Å². The summed E-state index contributed by atoms with van der Waals surface area (Å²) in [5.74, 6) is 3.97. The van der Waals surface area contributed by atoms with Crippen molar-refractivity contribution in [3.63, 3.8) is 0 Å². The summed E-state index contributed by atoms with van der Waals surface area (Å²) in [6, 6.07) is 7.47. The number of aromatic amines is 1. The Kier molecular flexibility index (Phi) is 8.28. The molecule has 0 aliphatic carbocycles. The number of terminal acetylenes is 1. The fraction of sp³-hybridized carbons (Fsp3) is 0.429. The molecule has 0 radical (unpaired) electrons. The van der Waals surface area contributed by atoms with E-state index in [4.69, 9.17) is 15.9 Å². The topological polar surface area (TPSA) is 84.2 Å². The van der Waals surface area contributed by atoms with Crippen molar-refractivity contribution in [2.75, 3.05) is 58.3 Å². The second kappa shape index (κ2) is 11.1. The minimum Gasteiger partial charge on any atom is -0.491 e. The van der Waals surface area contributed by atoms with Gasteiger partial charge in [0.05, 0.1) is 6.20 Å². The highest BCUT2D eigenvalue weighted by molar-refractivity contribution is 9.10. The van der Waals surface area contributed by atoms with Crippen molar-refractivity contribution in [2.45, 2.75) is 6.10 Å². The number of anilines is 2. The number of ether oxygens (including phenoxy) is 2. The second-order valence-electron chi connectivity index (χ2n) is 7.12. The number of piperazine rings is 1. The van der Waals surface area contributed by atoms with Gasteiger partial charge in [-0.1, -0.05) is 12.0 Å². The summed E-state index contributed by atoms with van der Waals surface area (Å²) in [5, 5.41) is 13.5. The van der Waals surface area contributed by atoms with Gasteiger partial charge in [0.15, 0.2) is 6.61 Å². The van der Waals surface area contributed by atoms with Crippen LogP contribution in [0.1, 0.15) is 0 Å².